The van der Waals surface area contributed by atoms with Crippen molar-refractivity contribution in [2.75, 3.05) is 25.4 Å². The Hall–Kier alpha value is -1.41. The largest absolute Gasteiger partial charge is 0.342 e. The van der Waals surface area contributed by atoms with Crippen LogP contribution in [0.1, 0.15) is 23.3 Å². The van der Waals surface area contributed by atoms with Gasteiger partial charge in [0.2, 0.25) is 5.91 Å². The number of thiazole rings is 1. The fourth-order valence-corrected chi connectivity index (χ4v) is 7.05. The van der Waals surface area contributed by atoms with E-state index >= 15 is 0 Å². The second-order valence-electron chi connectivity index (χ2n) is 7.44. The topological polar surface area (TPSA) is 36.4 Å². The Balaban J connectivity index is 1.12. The van der Waals surface area contributed by atoms with Gasteiger partial charge in [-0.25, -0.2) is 4.98 Å². The van der Waals surface area contributed by atoms with Gasteiger partial charge in [0.15, 0.2) is 4.34 Å². The van der Waals surface area contributed by atoms with Crippen LogP contribution < -0.4 is 0 Å². The fraction of sp³-hybridized carbons (Fsp3) is 0.429. The molecule has 0 spiro atoms. The maximum absolute atomic E-state index is 12.7. The van der Waals surface area contributed by atoms with Crippen molar-refractivity contribution in [2.24, 2.45) is 0 Å². The van der Waals surface area contributed by atoms with E-state index in [-0.39, 0.29) is 5.91 Å². The van der Waals surface area contributed by atoms with E-state index in [4.69, 9.17) is 0 Å². The van der Waals surface area contributed by atoms with E-state index in [1.54, 1.807) is 28.0 Å². The Morgan fingerprint density at radius 1 is 1.18 bits per heavy atom. The van der Waals surface area contributed by atoms with Gasteiger partial charge < -0.3 is 4.90 Å². The van der Waals surface area contributed by atoms with Gasteiger partial charge in [0.1, 0.15) is 0 Å². The fourth-order valence-electron chi connectivity index (χ4n) is 4.19. The second kappa shape index (κ2) is 8.14. The molecule has 2 aliphatic heterocycles. The number of likely N-dealkylation sites (tertiary alicyclic amines) is 1. The van der Waals surface area contributed by atoms with Crippen molar-refractivity contribution in [3.8, 4) is 0 Å². The van der Waals surface area contributed by atoms with Gasteiger partial charge in [-0.15, -0.1) is 22.7 Å². The molecule has 28 heavy (non-hydrogen) atoms. The first-order valence-electron chi connectivity index (χ1n) is 9.82. The summed E-state index contributed by atoms with van der Waals surface area (Å²) in [6.07, 6.45) is 3.37. The summed E-state index contributed by atoms with van der Waals surface area (Å²) in [6.45, 7) is 4.03. The molecule has 4 heterocycles. The lowest BCUT2D eigenvalue weighted by Gasteiger charge is -2.40. The predicted octanol–water partition coefficient (Wildman–Crippen LogP) is 4.50. The lowest BCUT2D eigenvalue weighted by molar-refractivity contribution is -0.129. The number of para-hydroxylation sites is 1. The van der Waals surface area contributed by atoms with Crippen LogP contribution in [0.5, 0.6) is 0 Å². The van der Waals surface area contributed by atoms with Crippen molar-refractivity contribution in [1.82, 2.24) is 14.8 Å². The molecule has 0 aliphatic carbocycles. The number of thioether (sulfide) groups is 1. The van der Waals surface area contributed by atoms with Gasteiger partial charge in [0.05, 0.1) is 16.0 Å². The Bertz CT molecular complexity index is 941. The summed E-state index contributed by atoms with van der Waals surface area (Å²) in [5, 5.41) is 2.22. The molecule has 0 bridgehead atoms. The van der Waals surface area contributed by atoms with Gasteiger partial charge in [-0.1, -0.05) is 23.9 Å². The van der Waals surface area contributed by atoms with Crippen LogP contribution in [-0.4, -0.2) is 52.1 Å². The SMILES string of the molecule is O=C(CSc1nc2ccccc2s1)N1CCC(N2CCc3sccc3C2)CC1. The van der Waals surface area contributed by atoms with Crippen LogP contribution in [-0.2, 0) is 17.8 Å². The lowest BCUT2D eigenvalue weighted by Crippen LogP contribution is -2.48. The van der Waals surface area contributed by atoms with E-state index in [9.17, 15) is 4.79 Å². The number of carbonyl (C=O) groups is 1. The third kappa shape index (κ3) is 3.85. The van der Waals surface area contributed by atoms with Gasteiger partial charge in [-0.2, -0.15) is 0 Å². The van der Waals surface area contributed by atoms with Gasteiger partial charge in [0.25, 0.3) is 0 Å². The van der Waals surface area contributed by atoms with Crippen LogP contribution in [0, 0.1) is 0 Å². The number of thiophene rings is 1. The number of nitrogens with zero attached hydrogens (tertiary/aromatic N) is 3. The van der Waals surface area contributed by atoms with Crippen LogP contribution in [0.4, 0.5) is 0 Å². The lowest BCUT2D eigenvalue weighted by atomic mass is 9.99. The molecule has 0 radical (unpaired) electrons. The van der Waals surface area contributed by atoms with E-state index < -0.39 is 0 Å². The van der Waals surface area contributed by atoms with E-state index in [1.807, 2.05) is 29.5 Å². The first kappa shape index (κ1) is 18.6. The number of hydrogen-bond acceptors (Lipinski definition) is 6. The van der Waals surface area contributed by atoms with E-state index in [0.29, 0.717) is 11.8 Å². The Morgan fingerprint density at radius 3 is 2.89 bits per heavy atom. The van der Waals surface area contributed by atoms with Crippen LogP contribution in [0.25, 0.3) is 10.2 Å². The Morgan fingerprint density at radius 2 is 2.04 bits per heavy atom. The highest BCUT2D eigenvalue weighted by Crippen LogP contribution is 2.30. The third-order valence-corrected chi connectivity index (χ3v) is 8.95. The van der Waals surface area contributed by atoms with Gasteiger partial charge in [-0.3, -0.25) is 9.69 Å². The first-order chi connectivity index (χ1) is 13.8. The van der Waals surface area contributed by atoms with E-state index in [0.717, 1.165) is 42.3 Å². The molecule has 0 unspecified atom stereocenters. The van der Waals surface area contributed by atoms with Gasteiger partial charge >= 0.3 is 0 Å². The van der Waals surface area contributed by atoms with Crippen LogP contribution in [0.2, 0.25) is 0 Å². The normalized spacial score (nSPS) is 18.5. The summed E-state index contributed by atoms with van der Waals surface area (Å²) in [4.78, 5) is 23.5. The summed E-state index contributed by atoms with van der Waals surface area (Å²) in [7, 11) is 0. The average molecular weight is 430 g/mol. The van der Waals surface area contributed by atoms with Gasteiger partial charge in [-0.05, 0) is 48.4 Å². The summed E-state index contributed by atoms with van der Waals surface area (Å²) < 4.78 is 2.18. The maximum Gasteiger partial charge on any atom is 0.233 e. The number of aromatic nitrogens is 1. The molecular formula is C21H23N3OS3. The number of fused-ring (bicyclic) bond motifs is 2. The molecule has 0 saturated carbocycles. The first-order valence-corrected chi connectivity index (χ1v) is 12.5. The number of hydrogen-bond donors (Lipinski definition) is 0. The van der Waals surface area contributed by atoms with Crippen molar-refractivity contribution >= 4 is 50.6 Å². The molecule has 1 aromatic carbocycles. The minimum absolute atomic E-state index is 0.251. The quantitative estimate of drug-likeness (QED) is 0.572. The Kier molecular flexibility index (Phi) is 5.41. The molecule has 4 nitrogen and oxygen atoms in total. The van der Waals surface area contributed by atoms with E-state index in [1.165, 1.54) is 23.2 Å². The zero-order valence-electron chi connectivity index (χ0n) is 15.7. The van der Waals surface area contributed by atoms with Crippen LogP contribution in [0.3, 0.4) is 0 Å². The number of benzene rings is 1. The number of piperidine rings is 1. The molecule has 2 aromatic heterocycles. The van der Waals surface area contributed by atoms with Crippen molar-refractivity contribution in [3.63, 3.8) is 0 Å². The zero-order chi connectivity index (χ0) is 18.9. The molecule has 1 saturated heterocycles. The standard InChI is InChI=1S/C21H23N3OS3/c25-20(14-27-21-22-17-3-1-2-4-19(17)28-21)23-9-5-16(6-10-23)24-11-7-18-15(13-24)8-12-26-18/h1-4,8,12,16H,5-7,9-11,13-14H2. The monoisotopic (exact) mass is 429 g/mol. The van der Waals surface area contributed by atoms with Crippen molar-refractivity contribution < 1.29 is 4.79 Å². The predicted molar refractivity (Wildman–Crippen MR) is 118 cm³/mol. The van der Waals surface area contributed by atoms with Crippen molar-refractivity contribution in [1.29, 1.82) is 0 Å². The molecule has 1 fully saturated rings. The molecule has 3 aromatic rings. The summed E-state index contributed by atoms with van der Waals surface area (Å²) >= 11 is 5.15. The molecular weight excluding hydrogens is 406 g/mol. The highest BCUT2D eigenvalue weighted by atomic mass is 32.2. The minimum Gasteiger partial charge on any atom is -0.342 e. The smallest absolute Gasteiger partial charge is 0.233 e. The Labute approximate surface area is 177 Å². The maximum atomic E-state index is 12.7. The molecule has 1 amide bonds. The molecule has 7 heteroatoms. The number of carbonyl (C=O) groups excluding carboxylic acids is 1. The van der Waals surface area contributed by atoms with E-state index in [2.05, 4.69) is 32.3 Å². The molecule has 0 atom stereocenters. The average Bonchev–Trinajstić information content (AvgIpc) is 3.37. The summed E-state index contributed by atoms with van der Waals surface area (Å²) in [6, 6.07) is 11.1. The highest BCUT2D eigenvalue weighted by molar-refractivity contribution is 8.01. The van der Waals surface area contributed by atoms with Crippen molar-refractivity contribution in [2.45, 2.75) is 36.2 Å². The number of rotatable bonds is 4. The minimum atomic E-state index is 0.251. The van der Waals surface area contributed by atoms with Gasteiger partial charge in [0, 0.05) is 37.1 Å². The second-order valence-corrected chi connectivity index (χ2v) is 10.7. The molecule has 0 N–H and O–H groups in total. The van der Waals surface area contributed by atoms with Crippen molar-refractivity contribution in [3.05, 3.63) is 46.2 Å². The summed E-state index contributed by atoms with van der Waals surface area (Å²) in [5.41, 5.74) is 2.54. The van der Waals surface area contributed by atoms with Crippen LogP contribution >= 0.6 is 34.4 Å². The molecule has 5 rings (SSSR count). The highest BCUT2D eigenvalue weighted by Gasteiger charge is 2.29. The third-order valence-electron chi connectivity index (χ3n) is 5.76. The molecule has 2 aliphatic rings. The van der Waals surface area contributed by atoms with Crippen LogP contribution in [0.15, 0.2) is 40.1 Å². The zero-order valence-corrected chi connectivity index (χ0v) is 18.1. The summed E-state index contributed by atoms with van der Waals surface area (Å²) in [5.74, 6) is 0.744. The number of amides is 1. The molecule has 146 valence electrons.